The van der Waals surface area contributed by atoms with E-state index < -0.39 is 0 Å². The summed E-state index contributed by atoms with van der Waals surface area (Å²) >= 11 is 0. The van der Waals surface area contributed by atoms with Gasteiger partial charge in [0.1, 0.15) is 5.75 Å². The molecule has 22 heavy (non-hydrogen) atoms. The molecule has 1 aromatic rings. The van der Waals surface area contributed by atoms with Gasteiger partial charge in [0.15, 0.2) is 0 Å². The molecule has 0 amide bonds. The van der Waals surface area contributed by atoms with Crippen LogP contribution in [0.5, 0.6) is 5.75 Å². The molecular formula is C18H27NO3. The fraction of sp³-hybridized carbons (Fsp3) is 0.667. The molecule has 3 rings (SSSR count). The summed E-state index contributed by atoms with van der Waals surface area (Å²) in [7, 11) is 0. The topological polar surface area (TPSA) is 63.9 Å². The highest BCUT2D eigenvalue weighted by Crippen LogP contribution is 2.41. The number of hydrogen-bond donors (Lipinski definition) is 3. The van der Waals surface area contributed by atoms with Crippen LogP contribution in [-0.2, 0) is 13.0 Å². The highest BCUT2D eigenvalue weighted by atomic mass is 16.3. The van der Waals surface area contributed by atoms with E-state index >= 15 is 0 Å². The van der Waals surface area contributed by atoms with Gasteiger partial charge in [-0.1, -0.05) is 13.8 Å². The average Bonchev–Trinajstić information content (AvgIpc) is 2.47. The van der Waals surface area contributed by atoms with Crippen molar-refractivity contribution >= 4 is 0 Å². The molecule has 0 aliphatic carbocycles. The van der Waals surface area contributed by atoms with Crippen molar-refractivity contribution in [3.63, 3.8) is 0 Å². The molecule has 2 heterocycles. The number of aromatic hydroxyl groups is 1. The molecule has 2 aliphatic rings. The van der Waals surface area contributed by atoms with Crippen molar-refractivity contribution in [1.82, 2.24) is 4.90 Å². The van der Waals surface area contributed by atoms with Gasteiger partial charge in [-0.3, -0.25) is 4.90 Å². The molecule has 3 N–H and O–H groups in total. The van der Waals surface area contributed by atoms with Gasteiger partial charge in [0.05, 0.1) is 12.7 Å². The van der Waals surface area contributed by atoms with Crippen LogP contribution in [0.4, 0.5) is 0 Å². The van der Waals surface area contributed by atoms with Gasteiger partial charge in [0, 0.05) is 24.7 Å². The number of rotatable bonds is 3. The third-order valence-corrected chi connectivity index (χ3v) is 5.23. The predicted molar refractivity (Wildman–Crippen MR) is 85.6 cm³/mol. The van der Waals surface area contributed by atoms with Crippen molar-refractivity contribution in [1.29, 1.82) is 0 Å². The maximum Gasteiger partial charge on any atom is 0.121 e. The van der Waals surface area contributed by atoms with Crippen LogP contribution in [0.2, 0.25) is 0 Å². The molecule has 4 heteroatoms. The molecule has 0 saturated carbocycles. The summed E-state index contributed by atoms with van der Waals surface area (Å²) in [5, 5.41) is 29.9. The second kappa shape index (κ2) is 6.19. The first-order valence-corrected chi connectivity index (χ1v) is 8.37. The lowest BCUT2D eigenvalue weighted by Crippen LogP contribution is -2.48. The molecule has 122 valence electrons. The van der Waals surface area contributed by atoms with Gasteiger partial charge in [-0.05, 0) is 54.4 Å². The summed E-state index contributed by atoms with van der Waals surface area (Å²) < 4.78 is 0. The maximum absolute atomic E-state index is 10.5. The maximum atomic E-state index is 10.5. The number of hydrogen-bond acceptors (Lipinski definition) is 4. The Morgan fingerprint density at radius 1 is 1.32 bits per heavy atom. The van der Waals surface area contributed by atoms with Crippen LogP contribution < -0.4 is 0 Å². The molecule has 4 nitrogen and oxygen atoms in total. The minimum atomic E-state index is -0.263. The molecule has 0 spiro atoms. The molecule has 1 aromatic carbocycles. The molecule has 1 fully saturated rings. The Balaban J connectivity index is 1.86. The molecule has 1 unspecified atom stereocenters. The van der Waals surface area contributed by atoms with Crippen LogP contribution in [0.1, 0.15) is 49.4 Å². The van der Waals surface area contributed by atoms with Gasteiger partial charge >= 0.3 is 0 Å². The van der Waals surface area contributed by atoms with Gasteiger partial charge in [-0.25, -0.2) is 0 Å². The molecule has 0 radical (unpaired) electrons. The first kappa shape index (κ1) is 15.8. The molecule has 0 bridgehead atoms. The summed E-state index contributed by atoms with van der Waals surface area (Å²) in [5.41, 5.74) is 2.92. The summed E-state index contributed by atoms with van der Waals surface area (Å²) in [4.78, 5) is 2.47. The predicted octanol–water partition coefficient (Wildman–Crippen LogP) is 2.21. The van der Waals surface area contributed by atoms with Crippen LogP contribution in [0.3, 0.4) is 0 Å². The van der Waals surface area contributed by atoms with Crippen molar-refractivity contribution in [2.75, 3.05) is 13.1 Å². The largest absolute Gasteiger partial charge is 0.508 e. The van der Waals surface area contributed by atoms with E-state index in [0.717, 1.165) is 37.9 Å². The molecular weight excluding hydrogens is 278 g/mol. The van der Waals surface area contributed by atoms with Gasteiger partial charge in [0.25, 0.3) is 0 Å². The Hall–Kier alpha value is -1.10. The van der Waals surface area contributed by atoms with E-state index in [1.54, 1.807) is 6.07 Å². The van der Waals surface area contributed by atoms with Crippen LogP contribution in [0.15, 0.2) is 12.1 Å². The van der Waals surface area contributed by atoms with Gasteiger partial charge in [0.2, 0.25) is 0 Å². The minimum Gasteiger partial charge on any atom is -0.508 e. The van der Waals surface area contributed by atoms with E-state index in [2.05, 4.69) is 18.7 Å². The average molecular weight is 305 g/mol. The summed E-state index contributed by atoms with van der Waals surface area (Å²) in [5.74, 6) is 1.14. The van der Waals surface area contributed by atoms with Crippen LogP contribution in [0.25, 0.3) is 0 Å². The normalized spacial score (nSPS) is 28.5. The van der Waals surface area contributed by atoms with Gasteiger partial charge in [-0.15, -0.1) is 0 Å². The standard InChI is InChI=1S/C18H27NO3/c1-11(2)5-13-9-19-4-3-12-7-17(21)14(10-20)6-15(12)16(19)8-18(13)22/h6-7,11,13,16,18,20-22H,3-5,8-10H2,1-2H3/t13-,16-,18?/m1/s1. The number of aliphatic hydroxyl groups is 2. The molecule has 1 saturated heterocycles. The Morgan fingerprint density at radius 2 is 2.09 bits per heavy atom. The van der Waals surface area contributed by atoms with Gasteiger partial charge < -0.3 is 15.3 Å². The lowest BCUT2D eigenvalue weighted by Gasteiger charge is -2.46. The number of nitrogens with zero attached hydrogens (tertiary/aromatic N) is 1. The number of phenols is 1. The van der Waals surface area contributed by atoms with E-state index in [1.807, 2.05) is 6.07 Å². The summed E-state index contributed by atoms with van der Waals surface area (Å²) in [6, 6.07) is 3.94. The quantitative estimate of drug-likeness (QED) is 0.801. The van der Waals surface area contributed by atoms with Gasteiger partial charge in [-0.2, -0.15) is 0 Å². The van der Waals surface area contributed by atoms with E-state index in [9.17, 15) is 15.3 Å². The van der Waals surface area contributed by atoms with Crippen LogP contribution in [0, 0.1) is 11.8 Å². The fourth-order valence-corrected chi connectivity index (χ4v) is 4.14. The fourth-order valence-electron chi connectivity index (χ4n) is 4.14. The summed E-state index contributed by atoms with van der Waals surface area (Å²) in [6.07, 6.45) is 2.48. The monoisotopic (exact) mass is 305 g/mol. The third kappa shape index (κ3) is 2.87. The number of aliphatic hydroxyl groups excluding tert-OH is 2. The highest BCUT2D eigenvalue weighted by molar-refractivity contribution is 5.44. The van der Waals surface area contributed by atoms with E-state index in [4.69, 9.17) is 0 Å². The third-order valence-electron chi connectivity index (χ3n) is 5.23. The van der Waals surface area contributed by atoms with E-state index in [1.165, 1.54) is 5.56 Å². The smallest absolute Gasteiger partial charge is 0.121 e. The van der Waals surface area contributed by atoms with Crippen molar-refractivity contribution in [3.05, 3.63) is 28.8 Å². The minimum absolute atomic E-state index is 0.148. The number of piperidine rings is 1. The number of fused-ring (bicyclic) bond motifs is 3. The first-order valence-electron chi connectivity index (χ1n) is 8.37. The Labute approximate surface area is 132 Å². The van der Waals surface area contributed by atoms with Crippen molar-refractivity contribution in [3.8, 4) is 5.75 Å². The van der Waals surface area contributed by atoms with Crippen molar-refractivity contribution < 1.29 is 15.3 Å². The zero-order valence-corrected chi connectivity index (χ0v) is 13.5. The Kier molecular flexibility index (Phi) is 4.44. The Morgan fingerprint density at radius 3 is 2.77 bits per heavy atom. The SMILES string of the molecule is CC(C)C[C@@H]1CN2CCc3cc(O)c(CO)cc3[C@H]2CC1O. The second-order valence-electron chi connectivity index (χ2n) is 7.29. The first-order chi connectivity index (χ1) is 10.5. The molecule has 0 aromatic heterocycles. The van der Waals surface area contributed by atoms with Crippen molar-refractivity contribution in [2.45, 2.75) is 51.9 Å². The number of benzene rings is 1. The second-order valence-corrected chi connectivity index (χ2v) is 7.29. The lowest BCUT2D eigenvalue weighted by molar-refractivity contribution is -0.0191. The molecule has 3 atom stereocenters. The van der Waals surface area contributed by atoms with Crippen LogP contribution >= 0.6 is 0 Å². The zero-order valence-electron chi connectivity index (χ0n) is 13.5. The van der Waals surface area contributed by atoms with E-state index in [-0.39, 0.29) is 24.5 Å². The Bertz CT molecular complexity index is 543. The molecule has 2 aliphatic heterocycles. The zero-order chi connectivity index (χ0) is 15.9. The van der Waals surface area contributed by atoms with Crippen LogP contribution in [-0.4, -0.2) is 39.4 Å². The highest BCUT2D eigenvalue weighted by Gasteiger charge is 2.38. The summed E-state index contributed by atoms with van der Waals surface area (Å²) in [6.45, 7) is 6.20. The van der Waals surface area contributed by atoms with Crippen molar-refractivity contribution in [2.24, 2.45) is 11.8 Å². The lowest BCUT2D eigenvalue weighted by atomic mass is 9.79. The van der Waals surface area contributed by atoms with E-state index in [0.29, 0.717) is 17.4 Å².